The van der Waals surface area contributed by atoms with Crippen molar-refractivity contribution < 1.29 is 19.5 Å². The minimum atomic E-state index is -1.03. The number of hydrogen-bond acceptors (Lipinski definition) is 6. The fraction of sp³-hybridized carbons (Fsp3) is 0.360. The van der Waals surface area contributed by atoms with Crippen LogP contribution in [0.25, 0.3) is 0 Å². The number of nitrogens with zero attached hydrogens (tertiary/aromatic N) is 6. The zero-order valence-electron chi connectivity index (χ0n) is 19.9. The monoisotopic (exact) mass is 489 g/mol. The van der Waals surface area contributed by atoms with Crippen molar-refractivity contribution in [3.63, 3.8) is 0 Å². The van der Waals surface area contributed by atoms with Crippen LogP contribution < -0.4 is 5.32 Å². The van der Waals surface area contributed by atoms with E-state index in [0.717, 1.165) is 11.3 Å². The third kappa shape index (κ3) is 4.64. The fourth-order valence-electron chi connectivity index (χ4n) is 4.99. The second-order valence-electron chi connectivity index (χ2n) is 9.54. The van der Waals surface area contributed by atoms with Gasteiger partial charge < -0.3 is 20.2 Å². The number of rotatable bonds is 6. The Kier molecular flexibility index (Phi) is 6.13. The van der Waals surface area contributed by atoms with Gasteiger partial charge in [-0.25, -0.2) is 4.79 Å². The van der Waals surface area contributed by atoms with E-state index in [1.807, 2.05) is 43.3 Å². The number of carbonyl (C=O) groups excluding carboxylic acids is 2. The van der Waals surface area contributed by atoms with Crippen LogP contribution >= 0.6 is 0 Å². The highest BCUT2D eigenvalue weighted by Gasteiger charge is 2.59. The second kappa shape index (κ2) is 9.40. The van der Waals surface area contributed by atoms with Crippen LogP contribution in [0.5, 0.6) is 0 Å². The summed E-state index contributed by atoms with van der Waals surface area (Å²) in [7, 11) is 0. The Hall–Kier alpha value is -4.28. The highest BCUT2D eigenvalue weighted by molar-refractivity contribution is 5.95. The van der Waals surface area contributed by atoms with Crippen LogP contribution in [0.2, 0.25) is 0 Å². The summed E-state index contributed by atoms with van der Waals surface area (Å²) in [6, 6.07) is 13.4. The summed E-state index contributed by atoms with van der Waals surface area (Å²) in [5.74, 6) is -0.977. The van der Waals surface area contributed by atoms with Crippen molar-refractivity contribution in [3.05, 3.63) is 77.4 Å². The lowest BCUT2D eigenvalue weighted by molar-refractivity contribution is -0.131. The van der Waals surface area contributed by atoms with Crippen LogP contribution in [0.1, 0.15) is 27.3 Å². The van der Waals surface area contributed by atoms with E-state index in [1.54, 1.807) is 21.8 Å². The van der Waals surface area contributed by atoms with Crippen LogP contribution in [-0.4, -0.2) is 79.0 Å². The number of aromatic nitrogens is 4. The lowest BCUT2D eigenvalue weighted by Crippen LogP contribution is -2.63. The van der Waals surface area contributed by atoms with Gasteiger partial charge in [0.15, 0.2) is 0 Å². The third-order valence-electron chi connectivity index (χ3n) is 6.90. The van der Waals surface area contributed by atoms with E-state index in [-0.39, 0.29) is 38.0 Å². The molecule has 36 heavy (non-hydrogen) atoms. The Labute approximate surface area is 207 Å². The van der Waals surface area contributed by atoms with Gasteiger partial charge in [-0.3, -0.25) is 14.3 Å². The molecule has 0 unspecified atom stereocenters. The molecule has 2 aromatic heterocycles. The van der Waals surface area contributed by atoms with Gasteiger partial charge in [-0.2, -0.15) is 15.3 Å². The number of hydrogen-bond donors (Lipinski definition) is 2. The third-order valence-corrected chi connectivity index (χ3v) is 6.90. The molecule has 0 radical (unpaired) electrons. The average molecular weight is 490 g/mol. The highest BCUT2D eigenvalue weighted by Crippen LogP contribution is 2.44. The molecule has 0 bridgehead atoms. The first-order valence-electron chi connectivity index (χ1n) is 11.7. The zero-order valence-corrected chi connectivity index (χ0v) is 19.9. The van der Waals surface area contributed by atoms with Gasteiger partial charge in [0.05, 0.1) is 42.2 Å². The van der Waals surface area contributed by atoms with Crippen molar-refractivity contribution >= 4 is 17.9 Å². The van der Waals surface area contributed by atoms with E-state index >= 15 is 0 Å². The van der Waals surface area contributed by atoms with Crippen molar-refractivity contribution in [1.82, 2.24) is 35.1 Å². The van der Waals surface area contributed by atoms with Gasteiger partial charge >= 0.3 is 6.09 Å². The molecule has 11 nitrogen and oxygen atoms in total. The smallest absolute Gasteiger partial charge is 0.407 e. The Balaban J connectivity index is 1.28. The maximum Gasteiger partial charge on any atom is 0.407 e. The number of carbonyl (C=O) groups is 3. The second-order valence-corrected chi connectivity index (χ2v) is 9.54. The van der Waals surface area contributed by atoms with E-state index < -0.39 is 17.4 Å². The number of amides is 3. The van der Waals surface area contributed by atoms with Gasteiger partial charge in [-0.05, 0) is 24.6 Å². The largest absolute Gasteiger partial charge is 0.465 e. The number of nitrogens with one attached hydrogen (secondary N) is 1. The predicted octanol–water partition coefficient (Wildman–Crippen LogP) is 1.40. The average Bonchev–Trinajstić information content (AvgIpc) is 3.48. The Morgan fingerprint density at radius 3 is 2.50 bits per heavy atom. The summed E-state index contributed by atoms with van der Waals surface area (Å²) in [6.07, 6.45) is 2.21. The van der Waals surface area contributed by atoms with E-state index in [1.165, 1.54) is 11.1 Å². The van der Waals surface area contributed by atoms with E-state index in [9.17, 15) is 19.5 Å². The number of aryl methyl sites for hydroxylation is 1. The van der Waals surface area contributed by atoms with Gasteiger partial charge in [0, 0.05) is 37.8 Å². The molecule has 0 saturated carbocycles. The highest BCUT2D eigenvalue weighted by atomic mass is 16.4. The van der Waals surface area contributed by atoms with Crippen LogP contribution in [0.15, 0.2) is 54.9 Å². The summed E-state index contributed by atoms with van der Waals surface area (Å²) in [4.78, 5) is 40.9. The number of carboxylic acid groups (broad SMARTS) is 1. The normalized spacial score (nSPS) is 18.2. The molecule has 1 aromatic carbocycles. The van der Waals surface area contributed by atoms with Gasteiger partial charge in [-0.1, -0.05) is 30.3 Å². The minimum absolute atomic E-state index is 0.210. The van der Waals surface area contributed by atoms with Crippen LogP contribution in [-0.2, 0) is 17.9 Å². The Morgan fingerprint density at radius 1 is 1.06 bits per heavy atom. The van der Waals surface area contributed by atoms with Crippen LogP contribution in [0.3, 0.4) is 0 Å². The van der Waals surface area contributed by atoms with E-state index in [2.05, 4.69) is 20.6 Å². The van der Waals surface area contributed by atoms with Gasteiger partial charge in [-0.15, -0.1) is 0 Å². The topological polar surface area (TPSA) is 134 Å². The lowest BCUT2D eigenvalue weighted by atomic mass is 9.71. The van der Waals surface area contributed by atoms with Gasteiger partial charge in [0.25, 0.3) is 5.91 Å². The maximum atomic E-state index is 13.3. The fourth-order valence-corrected chi connectivity index (χ4v) is 4.99. The molecule has 1 spiro atoms. The van der Waals surface area contributed by atoms with Crippen LogP contribution in [0.4, 0.5) is 4.79 Å². The van der Waals surface area contributed by atoms with Crippen molar-refractivity contribution in [3.8, 4) is 0 Å². The molecule has 0 aliphatic carbocycles. The molecule has 2 aliphatic rings. The molecule has 11 heteroatoms. The molecule has 3 aromatic rings. The van der Waals surface area contributed by atoms with E-state index in [4.69, 9.17) is 0 Å². The zero-order chi connectivity index (χ0) is 25.3. The summed E-state index contributed by atoms with van der Waals surface area (Å²) in [5, 5.41) is 24.7. The molecular weight excluding hydrogens is 462 g/mol. The first-order chi connectivity index (χ1) is 17.3. The molecule has 3 amide bonds. The summed E-state index contributed by atoms with van der Waals surface area (Å²) in [5.41, 5.74) is 2.30. The van der Waals surface area contributed by atoms with Crippen molar-refractivity contribution in [1.29, 1.82) is 0 Å². The molecular formula is C25H27N7O4. The molecule has 2 aliphatic heterocycles. The quantitative estimate of drug-likeness (QED) is 0.535. The summed E-state index contributed by atoms with van der Waals surface area (Å²) < 4.78 is 1.71. The SMILES string of the molecule is Cc1ccc(CNC(=O)[C@@H]2CN(C(=O)c3cnn(Cc4ccccc4)c3)CC23CN(C(=O)O)C3)nn1. The molecule has 5 rings (SSSR count). The molecule has 2 fully saturated rings. The van der Waals surface area contributed by atoms with E-state index in [0.29, 0.717) is 24.3 Å². The van der Waals surface area contributed by atoms with Crippen LogP contribution in [0, 0.1) is 18.3 Å². The lowest BCUT2D eigenvalue weighted by Gasteiger charge is -2.48. The molecule has 4 heterocycles. The molecule has 2 N–H and O–H groups in total. The Bertz CT molecular complexity index is 1270. The minimum Gasteiger partial charge on any atom is -0.465 e. The first kappa shape index (κ1) is 23.5. The van der Waals surface area contributed by atoms with Crippen molar-refractivity contribution in [2.45, 2.75) is 20.0 Å². The Morgan fingerprint density at radius 2 is 1.81 bits per heavy atom. The predicted molar refractivity (Wildman–Crippen MR) is 128 cm³/mol. The molecule has 2 saturated heterocycles. The molecule has 1 atom stereocenters. The maximum absolute atomic E-state index is 13.3. The number of benzene rings is 1. The summed E-state index contributed by atoms with van der Waals surface area (Å²) in [6.45, 7) is 3.52. The number of likely N-dealkylation sites (tertiary alicyclic amines) is 2. The standard InChI is InChI=1S/C25H27N7O4/c1-17-7-8-20(29-28-17)10-26-22(33)21-13-30(14-25(21)15-31(16-25)24(35)36)23(34)19-9-27-32(12-19)11-18-5-3-2-4-6-18/h2-9,12,21H,10-11,13-16H2,1H3,(H,26,33)(H,35,36)/t21-/m0/s1. The van der Waals surface area contributed by atoms with Gasteiger partial charge in [0.2, 0.25) is 5.91 Å². The van der Waals surface area contributed by atoms with Gasteiger partial charge in [0.1, 0.15) is 0 Å². The summed E-state index contributed by atoms with van der Waals surface area (Å²) >= 11 is 0. The van der Waals surface area contributed by atoms with Crippen molar-refractivity contribution in [2.75, 3.05) is 26.2 Å². The first-order valence-corrected chi connectivity index (χ1v) is 11.7. The molecule has 186 valence electrons. The van der Waals surface area contributed by atoms with Crippen molar-refractivity contribution in [2.24, 2.45) is 11.3 Å².